The van der Waals surface area contributed by atoms with Crippen LogP contribution in [-0.2, 0) is 9.98 Å². The van der Waals surface area contributed by atoms with E-state index in [-0.39, 0.29) is 5.41 Å². The second-order valence-electron chi connectivity index (χ2n) is 13.3. The highest BCUT2D eigenvalue weighted by Crippen LogP contribution is 2.60. The van der Waals surface area contributed by atoms with Crippen molar-refractivity contribution in [3.63, 3.8) is 0 Å². The molecule has 7 aromatic rings. The molecule has 0 radical (unpaired) electrons. The summed E-state index contributed by atoms with van der Waals surface area (Å²) in [6, 6.07) is 58.0. The summed E-state index contributed by atoms with van der Waals surface area (Å²) in [6.45, 7) is 4.59. The van der Waals surface area contributed by atoms with E-state index in [1.54, 1.807) is 0 Å². The van der Waals surface area contributed by atoms with Crippen molar-refractivity contribution in [3.05, 3.63) is 181 Å². The highest BCUT2D eigenvalue weighted by atomic mass is 31.2. The molecule has 2 aliphatic rings. The van der Waals surface area contributed by atoms with Crippen LogP contribution in [-0.4, -0.2) is 0 Å². The predicted molar refractivity (Wildman–Crippen MR) is 204 cm³/mol. The largest absolute Gasteiger partial charge is 0.452 e. The molecule has 4 heteroatoms. The lowest BCUT2D eigenvalue weighted by molar-refractivity contribution is 0.478. The zero-order valence-corrected chi connectivity index (χ0v) is 28.3. The molecule has 9 rings (SSSR count). The molecule has 0 atom stereocenters. The summed E-state index contributed by atoms with van der Waals surface area (Å²) in [7, 11) is -3.13. The highest BCUT2D eigenvalue weighted by Gasteiger charge is 2.40. The topological polar surface area (TPSA) is 29.5 Å². The Balaban J connectivity index is 1.20. The van der Waals surface area contributed by atoms with Gasteiger partial charge in [-0.15, -0.1) is 0 Å². The zero-order chi connectivity index (χ0) is 33.2. The average molecular weight is 652 g/mol. The van der Waals surface area contributed by atoms with E-state index in [1.807, 2.05) is 78.9 Å². The monoisotopic (exact) mass is 651 g/mol. The van der Waals surface area contributed by atoms with Gasteiger partial charge < -0.3 is 14.2 Å². The van der Waals surface area contributed by atoms with Crippen molar-refractivity contribution in [1.29, 1.82) is 0 Å². The van der Waals surface area contributed by atoms with Gasteiger partial charge >= 0.3 is 0 Å². The number of rotatable bonds is 5. The Labute approximate surface area is 287 Å². The molecule has 0 aromatic heterocycles. The van der Waals surface area contributed by atoms with Gasteiger partial charge in [-0.05, 0) is 64.2 Å². The van der Waals surface area contributed by atoms with Crippen LogP contribution in [0.3, 0.4) is 0 Å². The maximum absolute atomic E-state index is 15.2. The molecule has 0 unspecified atom stereocenters. The number of anilines is 3. The van der Waals surface area contributed by atoms with Gasteiger partial charge in [-0.2, -0.15) is 0 Å². The van der Waals surface area contributed by atoms with Gasteiger partial charge in [0.2, 0.25) is 0 Å². The van der Waals surface area contributed by atoms with E-state index in [1.165, 1.54) is 22.3 Å². The summed E-state index contributed by atoms with van der Waals surface area (Å²) in [5, 5.41) is 2.45. The lowest BCUT2D eigenvalue weighted by Gasteiger charge is -2.35. The van der Waals surface area contributed by atoms with Crippen molar-refractivity contribution < 1.29 is 9.30 Å². The minimum Gasteiger partial charge on any atom is -0.452 e. The molecule has 1 aliphatic heterocycles. The third-order valence-electron chi connectivity index (χ3n) is 10.1. The van der Waals surface area contributed by atoms with Gasteiger partial charge in [0, 0.05) is 32.6 Å². The molecule has 3 nitrogen and oxygen atoms in total. The molecule has 0 saturated carbocycles. The van der Waals surface area contributed by atoms with Gasteiger partial charge in [0.25, 0.3) is 0 Å². The summed E-state index contributed by atoms with van der Waals surface area (Å²) in [6.07, 6.45) is 0. The molecular formula is C45H34NO2P. The van der Waals surface area contributed by atoms with Gasteiger partial charge in [0.1, 0.15) is 0 Å². The number of para-hydroxylation sites is 1. The lowest BCUT2D eigenvalue weighted by Crippen LogP contribution is -2.25. The summed E-state index contributed by atoms with van der Waals surface area (Å²) in [4.78, 5) is 2.31. The van der Waals surface area contributed by atoms with Crippen LogP contribution in [0.5, 0.6) is 11.5 Å². The zero-order valence-electron chi connectivity index (χ0n) is 27.4. The maximum atomic E-state index is 15.2. The molecule has 49 heavy (non-hydrogen) atoms. The molecule has 7 aromatic carbocycles. The smallest absolute Gasteiger partial charge is 0.171 e. The summed E-state index contributed by atoms with van der Waals surface area (Å²) in [5.74, 6) is 1.68. The molecule has 0 fully saturated rings. The van der Waals surface area contributed by atoms with Crippen LogP contribution in [0.2, 0.25) is 0 Å². The molecule has 0 N–H and O–H groups in total. The van der Waals surface area contributed by atoms with Gasteiger partial charge in [-0.3, -0.25) is 0 Å². The Hall–Kier alpha value is -5.63. The second-order valence-corrected chi connectivity index (χ2v) is 16.1. The average Bonchev–Trinajstić information content (AvgIpc) is 3.40. The second kappa shape index (κ2) is 11.2. The van der Waals surface area contributed by atoms with Gasteiger partial charge in [-0.25, -0.2) is 0 Å². The Morgan fingerprint density at radius 2 is 1.14 bits per heavy atom. The van der Waals surface area contributed by atoms with Crippen molar-refractivity contribution in [3.8, 4) is 33.8 Å². The van der Waals surface area contributed by atoms with Crippen molar-refractivity contribution >= 4 is 40.1 Å². The normalized spacial score (nSPS) is 13.9. The van der Waals surface area contributed by atoms with Gasteiger partial charge in [0.15, 0.2) is 18.6 Å². The molecule has 0 spiro atoms. The predicted octanol–water partition coefficient (Wildman–Crippen LogP) is 10.9. The molecule has 0 saturated heterocycles. The quantitative estimate of drug-likeness (QED) is 0.174. The number of ether oxygens (including phenoxy) is 1. The van der Waals surface area contributed by atoms with Crippen LogP contribution in [0, 0.1) is 0 Å². The Kier molecular flexibility index (Phi) is 6.76. The Morgan fingerprint density at radius 1 is 0.531 bits per heavy atom. The fourth-order valence-corrected chi connectivity index (χ4v) is 10.4. The molecular weight excluding hydrogens is 617 g/mol. The number of hydrogen-bond acceptors (Lipinski definition) is 3. The number of hydrogen-bond donors (Lipinski definition) is 0. The van der Waals surface area contributed by atoms with Crippen LogP contribution in [0.25, 0.3) is 22.3 Å². The third kappa shape index (κ3) is 4.54. The lowest BCUT2D eigenvalue weighted by atomic mass is 9.82. The number of fused-ring (bicyclic) bond motifs is 6. The van der Waals surface area contributed by atoms with Crippen molar-refractivity contribution in [1.82, 2.24) is 0 Å². The van der Waals surface area contributed by atoms with Crippen molar-refractivity contribution in [2.75, 3.05) is 4.90 Å². The maximum Gasteiger partial charge on any atom is 0.171 e. The molecule has 1 heterocycles. The van der Waals surface area contributed by atoms with E-state index >= 15 is 4.57 Å². The molecule has 0 amide bonds. The highest BCUT2D eigenvalue weighted by molar-refractivity contribution is 7.85. The summed E-state index contributed by atoms with van der Waals surface area (Å²) >= 11 is 0. The number of benzene rings is 7. The van der Waals surface area contributed by atoms with Crippen LogP contribution in [0.4, 0.5) is 17.1 Å². The van der Waals surface area contributed by atoms with Crippen LogP contribution in [0.1, 0.15) is 25.0 Å². The fourth-order valence-electron chi connectivity index (χ4n) is 7.69. The fraction of sp³-hybridized carbons (Fsp3) is 0.0667. The van der Waals surface area contributed by atoms with E-state index in [0.717, 1.165) is 55.6 Å². The summed E-state index contributed by atoms with van der Waals surface area (Å²) in [5.41, 5.74) is 9.90. The first kappa shape index (κ1) is 29.5. The van der Waals surface area contributed by atoms with Crippen LogP contribution >= 0.6 is 7.14 Å². The van der Waals surface area contributed by atoms with E-state index in [9.17, 15) is 0 Å². The Morgan fingerprint density at radius 3 is 1.86 bits per heavy atom. The first-order chi connectivity index (χ1) is 23.9. The Bertz CT molecular complexity index is 2380. The van der Waals surface area contributed by atoms with Gasteiger partial charge in [0.05, 0.1) is 11.4 Å². The molecule has 1 aliphatic carbocycles. The van der Waals surface area contributed by atoms with Crippen molar-refractivity contribution in [2.24, 2.45) is 0 Å². The third-order valence-corrected chi connectivity index (χ3v) is 13.2. The molecule has 236 valence electrons. The molecule has 0 bridgehead atoms. The minimum atomic E-state index is -3.13. The first-order valence-corrected chi connectivity index (χ1v) is 18.4. The van der Waals surface area contributed by atoms with Crippen LogP contribution < -0.4 is 25.6 Å². The number of nitrogens with zero attached hydrogens (tertiary/aromatic N) is 1. The van der Waals surface area contributed by atoms with Crippen molar-refractivity contribution in [2.45, 2.75) is 19.3 Å². The summed E-state index contributed by atoms with van der Waals surface area (Å²) < 4.78 is 22.1. The van der Waals surface area contributed by atoms with Gasteiger partial charge in [-0.1, -0.05) is 147 Å². The van der Waals surface area contributed by atoms with E-state index in [4.69, 9.17) is 4.74 Å². The first-order valence-electron chi connectivity index (χ1n) is 16.7. The van der Waals surface area contributed by atoms with E-state index < -0.39 is 7.14 Å². The SMILES string of the molecule is CC1(C)c2ccccc2-c2c1ccc1c2Oc2ccc(-c3cccc(P(=O)(c4ccccc4)c4ccccc4)c3)cc2N1c1ccccc1. The minimum absolute atomic E-state index is 0.129. The van der Waals surface area contributed by atoms with Crippen LogP contribution in [0.15, 0.2) is 170 Å². The van der Waals surface area contributed by atoms with E-state index in [0.29, 0.717) is 0 Å². The standard InChI is InChI=1S/C45H34NO2P/c1-45(2)38-24-13-12-23-37(38)43-39(45)26-27-40-44(43)48-42-28-25-32(30-41(42)46(40)33-16-6-3-7-17-33)31-15-14-22-36(29-31)49(47,34-18-8-4-9-19-34)35-20-10-5-11-21-35/h3-30H,1-2H3. The van der Waals surface area contributed by atoms with E-state index in [2.05, 4.69) is 110 Å².